The van der Waals surface area contributed by atoms with Gasteiger partial charge in [0.2, 0.25) is 41.4 Å². The van der Waals surface area contributed by atoms with Crippen LogP contribution in [0.2, 0.25) is 0 Å². The lowest BCUT2D eigenvalue weighted by molar-refractivity contribution is -0.147. The van der Waals surface area contributed by atoms with E-state index in [0.717, 1.165) is 54.2 Å². The van der Waals surface area contributed by atoms with E-state index in [2.05, 4.69) is 56.5 Å². The molecular formula is C60H80Cl3N15O15S. The number of benzene rings is 3. The zero-order valence-electron chi connectivity index (χ0n) is 51.2. The monoisotopic (exact) mass is 1390 g/mol. The standard InChI is InChI=1S/C60H77N15O15S.3ClH/c1-31-29-75-49(50(31)82)55(87)65-28-38(77)26-40(66-51(83)34-5-7-35(8-6-34)56-70-71-57(91-56)36-9-11-37(12-10-36)72-19-21-73(22-20-72)60-63-17-3-18-64-60)52(84)67-46(32(2)76)58(88)74-30-39(78)27-41(74)53(85)68-47(54(86)69-48(59(75)89)43(80)14-15-61)44(81)24-33-4-13-42(79)45(25-33)90-23-16-62;;;/h3-13,17-18,25,31-32,38-41,43-44,46-50,76-82H,14-16,19-24,26-30,61-62H2,1-2H3,(H,65,87)(H,66,83)(H,67,84)(H,68,85)(H,69,86);3*1H/t31-,32+,38+,39+,40-,41-,43+,44+,46-,47-,48-,49-,50-;;;/m0.../s1. The number of nitrogens with one attached hydrogen (secondary N) is 5. The first-order valence-corrected chi connectivity index (χ1v) is 30.8. The van der Waals surface area contributed by atoms with Gasteiger partial charge < -0.3 is 98.1 Å². The van der Waals surface area contributed by atoms with Crippen LogP contribution in [-0.4, -0.2) is 245 Å². The Bertz CT molecular complexity index is 3380. The fraction of sp³-hybridized carbons (Fsp3) is 0.483. The molecule has 94 heavy (non-hydrogen) atoms. The van der Waals surface area contributed by atoms with Crippen LogP contribution in [0.15, 0.2) is 85.2 Å². The first kappa shape index (κ1) is 75.4. The van der Waals surface area contributed by atoms with Crippen molar-refractivity contribution in [2.45, 2.75) is 112 Å². The Balaban J connectivity index is 0.00000467. The van der Waals surface area contributed by atoms with E-state index < -0.39 is 152 Å². The van der Waals surface area contributed by atoms with Gasteiger partial charge in [-0.25, -0.2) is 9.97 Å². The average molecular weight is 1390 g/mol. The van der Waals surface area contributed by atoms with Crippen molar-refractivity contribution in [3.05, 3.63) is 96.3 Å². The number of aliphatic hydroxyl groups is 6. The number of hydrogen-bond acceptors (Lipinski definition) is 24. The van der Waals surface area contributed by atoms with Gasteiger partial charge in [-0.1, -0.05) is 36.5 Å². The van der Waals surface area contributed by atoms with Crippen molar-refractivity contribution in [3.8, 4) is 32.6 Å². The summed E-state index contributed by atoms with van der Waals surface area (Å²) in [5.41, 5.74) is 14.2. The predicted octanol–water partition coefficient (Wildman–Crippen LogP) is -2.41. The second-order valence-electron chi connectivity index (χ2n) is 23.1. The molecule has 13 atom stereocenters. The predicted molar refractivity (Wildman–Crippen MR) is 350 cm³/mol. The number of aromatic nitrogens is 4. The van der Waals surface area contributed by atoms with Gasteiger partial charge in [-0.2, -0.15) is 0 Å². The first-order valence-electron chi connectivity index (χ1n) is 30.0. The number of phenols is 1. The summed E-state index contributed by atoms with van der Waals surface area (Å²) in [5, 5.41) is 101. The number of hydrogen-bond donors (Lipinski definition) is 14. The van der Waals surface area contributed by atoms with Crippen LogP contribution in [0.1, 0.15) is 49.0 Å². The van der Waals surface area contributed by atoms with Crippen LogP contribution >= 0.6 is 48.6 Å². The zero-order valence-corrected chi connectivity index (χ0v) is 54.5. The molecule has 16 N–H and O–H groups in total. The number of nitrogens with zero attached hydrogens (tertiary/aromatic N) is 8. The Kier molecular flexibility index (Phi) is 27.4. The largest absolute Gasteiger partial charge is 0.504 e. The number of aliphatic hydroxyl groups excluding tert-OH is 6. The molecule has 512 valence electrons. The van der Waals surface area contributed by atoms with Gasteiger partial charge in [-0.05, 0) is 80.1 Å². The highest BCUT2D eigenvalue weighted by molar-refractivity contribution is 7.17. The average Bonchev–Trinajstić information content (AvgIpc) is 1.62. The smallest absolute Gasteiger partial charge is 0.251 e. The number of carbonyl (C=O) groups excluding carboxylic acids is 7. The van der Waals surface area contributed by atoms with Crippen LogP contribution in [0.4, 0.5) is 11.6 Å². The first-order chi connectivity index (χ1) is 43.6. The Hall–Kier alpha value is -7.66. The van der Waals surface area contributed by atoms with Crippen molar-refractivity contribution in [1.29, 1.82) is 0 Å². The number of nitrogens with two attached hydrogens (primary N) is 2. The number of carbonyl (C=O) groups is 7. The van der Waals surface area contributed by atoms with Crippen molar-refractivity contribution < 1.29 is 74.0 Å². The normalized spacial score (nSPS) is 25.0. The molecule has 4 aliphatic heterocycles. The lowest BCUT2D eigenvalue weighted by Gasteiger charge is -2.36. The lowest BCUT2D eigenvalue weighted by atomic mass is 9.98. The summed E-state index contributed by atoms with van der Waals surface area (Å²) in [5.74, 6) is -7.97. The van der Waals surface area contributed by atoms with E-state index in [1.807, 2.05) is 24.3 Å². The number of phenolic OH excluding ortho intramolecular Hbond substituents is 1. The molecule has 0 bridgehead atoms. The molecule has 5 aromatic rings. The minimum atomic E-state index is -2.04. The summed E-state index contributed by atoms with van der Waals surface area (Å²) in [6.45, 7) is 4.15. The second kappa shape index (κ2) is 34.1. The molecule has 30 nitrogen and oxygen atoms in total. The minimum Gasteiger partial charge on any atom is -0.504 e. The van der Waals surface area contributed by atoms with Crippen molar-refractivity contribution >= 4 is 102 Å². The van der Waals surface area contributed by atoms with Gasteiger partial charge in [-0.3, -0.25) is 33.6 Å². The molecule has 2 aromatic heterocycles. The van der Waals surface area contributed by atoms with Crippen LogP contribution < -0.4 is 52.6 Å². The SMILES string of the molecule is C[C@@H](O)[C@@H]1NC(=O)[C@@H](NC(=O)c2ccc(-c3nnc(-c4ccc(N5CCN(c6ncccn6)CC5)cc4)s3)cc2)C[C@@H](O)CNC(=O)[C@@H]2[C@@H](O)[C@@H](C)CN2C(=O)[C@H]([C@H](O)CCN)NC(=O)[C@H]([C@H](O)Cc2ccc(O)c(OCCN)c2)NC(=O)[C@@H]2C[C@@H](O)CN2C1=O.Cl.Cl.Cl. The van der Waals surface area contributed by atoms with Crippen molar-refractivity contribution in [2.75, 3.05) is 75.3 Å². The van der Waals surface area contributed by atoms with E-state index in [0.29, 0.717) is 21.5 Å². The van der Waals surface area contributed by atoms with Crippen LogP contribution in [0.5, 0.6) is 11.5 Å². The third-order valence-electron chi connectivity index (χ3n) is 16.5. The fourth-order valence-electron chi connectivity index (χ4n) is 11.5. The molecule has 4 fully saturated rings. The molecule has 0 unspecified atom stereocenters. The zero-order chi connectivity index (χ0) is 65.2. The molecule has 0 aliphatic carbocycles. The number of aromatic hydroxyl groups is 1. The van der Waals surface area contributed by atoms with Crippen LogP contribution in [-0.2, 0) is 35.2 Å². The number of amides is 7. The summed E-state index contributed by atoms with van der Waals surface area (Å²) in [6, 6.07) is 8.97. The van der Waals surface area contributed by atoms with E-state index in [9.17, 15) is 69.3 Å². The molecule has 0 saturated carbocycles. The van der Waals surface area contributed by atoms with E-state index in [1.165, 1.54) is 48.6 Å². The molecule has 7 amide bonds. The Morgan fingerprint density at radius 2 is 1.32 bits per heavy atom. The van der Waals surface area contributed by atoms with Crippen LogP contribution in [0.3, 0.4) is 0 Å². The molecule has 6 heterocycles. The van der Waals surface area contributed by atoms with Crippen LogP contribution in [0, 0.1) is 5.92 Å². The molecule has 0 radical (unpaired) electrons. The van der Waals surface area contributed by atoms with Crippen molar-refractivity contribution in [2.24, 2.45) is 17.4 Å². The number of anilines is 2. The highest BCUT2D eigenvalue weighted by Gasteiger charge is 2.50. The van der Waals surface area contributed by atoms with Gasteiger partial charge >= 0.3 is 0 Å². The highest BCUT2D eigenvalue weighted by Crippen LogP contribution is 2.33. The number of rotatable bonds is 16. The lowest BCUT2D eigenvalue weighted by Crippen LogP contribution is -2.64. The second-order valence-corrected chi connectivity index (χ2v) is 24.1. The topological polar surface area (TPSA) is 447 Å². The molecule has 3 aromatic carbocycles. The fourth-order valence-corrected chi connectivity index (χ4v) is 12.3. The van der Waals surface area contributed by atoms with E-state index in [-0.39, 0.29) is 92.5 Å². The summed E-state index contributed by atoms with van der Waals surface area (Å²) in [7, 11) is 0. The maximum atomic E-state index is 14.7. The number of ether oxygens (including phenoxy) is 1. The number of fused-ring (bicyclic) bond motifs is 2. The van der Waals surface area contributed by atoms with Gasteiger partial charge in [0.05, 0.1) is 36.6 Å². The van der Waals surface area contributed by atoms with Gasteiger partial charge in [-0.15, -0.1) is 47.4 Å². The van der Waals surface area contributed by atoms with Gasteiger partial charge in [0.15, 0.2) is 11.5 Å². The Morgan fingerprint density at radius 1 is 0.713 bits per heavy atom. The van der Waals surface area contributed by atoms with Gasteiger partial charge in [0, 0.05) is 112 Å². The third kappa shape index (κ3) is 18.0. The maximum absolute atomic E-state index is 14.7. The van der Waals surface area contributed by atoms with Crippen molar-refractivity contribution in [3.63, 3.8) is 0 Å². The Morgan fingerprint density at radius 3 is 1.95 bits per heavy atom. The van der Waals surface area contributed by atoms with E-state index >= 15 is 0 Å². The van der Waals surface area contributed by atoms with Crippen LogP contribution in [0.25, 0.3) is 21.1 Å². The van der Waals surface area contributed by atoms with Crippen molar-refractivity contribution in [1.82, 2.24) is 56.5 Å². The molecule has 34 heteroatoms. The van der Waals surface area contributed by atoms with Gasteiger partial charge in [0.1, 0.15) is 52.9 Å². The summed E-state index contributed by atoms with van der Waals surface area (Å²) in [4.78, 5) is 116. The molecular weight excluding hydrogens is 1310 g/mol. The maximum Gasteiger partial charge on any atom is 0.251 e. The molecule has 4 saturated heterocycles. The third-order valence-corrected chi connectivity index (χ3v) is 17.5. The van der Waals surface area contributed by atoms with Gasteiger partial charge in [0.25, 0.3) is 5.91 Å². The summed E-state index contributed by atoms with van der Waals surface area (Å²) in [6.07, 6.45) is -8.43. The summed E-state index contributed by atoms with van der Waals surface area (Å²) >= 11 is 1.32. The number of piperazine rings is 1. The minimum absolute atomic E-state index is 0. The number of halogens is 3. The summed E-state index contributed by atoms with van der Waals surface area (Å²) < 4.78 is 5.52. The quantitative estimate of drug-likeness (QED) is 0.0489. The molecule has 9 rings (SSSR count). The molecule has 4 aliphatic rings. The number of β-amino-alcohol motifs (C(OH)–C–C–N with tert-alkyl or cyclic N) is 1. The van der Waals surface area contributed by atoms with E-state index in [4.69, 9.17) is 16.2 Å². The highest BCUT2D eigenvalue weighted by atomic mass is 35.5. The Labute approximate surface area is 563 Å². The molecule has 0 spiro atoms. The van der Waals surface area contributed by atoms with E-state index in [1.54, 1.807) is 30.6 Å².